The molecule has 1 aliphatic rings. The van der Waals surface area contributed by atoms with Crippen LogP contribution in [-0.4, -0.2) is 18.0 Å². The van der Waals surface area contributed by atoms with E-state index in [1.165, 1.54) is 5.56 Å². The maximum absolute atomic E-state index is 14.4. The van der Waals surface area contributed by atoms with Crippen molar-refractivity contribution in [1.29, 1.82) is 0 Å². The first kappa shape index (κ1) is 17.2. The minimum atomic E-state index is -2.93. The van der Waals surface area contributed by atoms with Crippen molar-refractivity contribution in [3.05, 3.63) is 96.6 Å². The van der Waals surface area contributed by atoms with Gasteiger partial charge in [0.1, 0.15) is 5.85 Å². The quantitative estimate of drug-likeness (QED) is 0.646. The lowest BCUT2D eigenvalue weighted by Gasteiger charge is -2.24. The highest BCUT2D eigenvalue weighted by molar-refractivity contribution is 7.79. The molecule has 0 aliphatic carbocycles. The lowest BCUT2D eigenvalue weighted by atomic mass is 10.1. The number of hydrogen-bond donors (Lipinski definition) is 0. The lowest BCUT2D eigenvalue weighted by Crippen LogP contribution is -2.26. The van der Waals surface area contributed by atoms with Gasteiger partial charge in [-0.05, 0) is 5.56 Å². The van der Waals surface area contributed by atoms with Crippen molar-refractivity contribution in [2.24, 2.45) is 0 Å². The summed E-state index contributed by atoms with van der Waals surface area (Å²) in [5.41, 5.74) is 1.19. The van der Waals surface area contributed by atoms with Gasteiger partial charge in [-0.2, -0.15) is 5.06 Å². The monoisotopic (exact) mass is 363 g/mol. The molecule has 0 radical (unpaired) electrons. The summed E-state index contributed by atoms with van der Waals surface area (Å²) in [6.07, 6.45) is 0.696. The van der Waals surface area contributed by atoms with Crippen molar-refractivity contribution >= 4 is 17.8 Å². The maximum atomic E-state index is 14.4. The van der Waals surface area contributed by atoms with Crippen molar-refractivity contribution in [2.75, 3.05) is 7.05 Å². The number of nitrogens with zero attached hydrogens (tertiary/aromatic N) is 1. The van der Waals surface area contributed by atoms with Gasteiger partial charge in [0.25, 0.3) is 0 Å². The van der Waals surface area contributed by atoms with E-state index < -0.39 is 7.14 Å². The summed E-state index contributed by atoms with van der Waals surface area (Å²) in [5.74, 6) is -0.373. The molecule has 26 heavy (non-hydrogen) atoms. The Morgan fingerprint density at radius 2 is 1.27 bits per heavy atom. The van der Waals surface area contributed by atoms with Gasteiger partial charge >= 0.3 is 0 Å². The average Bonchev–Trinajstić information content (AvgIpc) is 3.11. The molecule has 3 aromatic rings. The predicted molar refractivity (Wildman–Crippen MR) is 106 cm³/mol. The van der Waals surface area contributed by atoms with Crippen LogP contribution in [0.3, 0.4) is 0 Å². The smallest absolute Gasteiger partial charge is 0.172 e. The second-order valence-corrected chi connectivity index (χ2v) is 9.52. The Bertz CT molecular complexity index is 856. The molecule has 0 spiro atoms. The molecule has 1 fully saturated rings. The van der Waals surface area contributed by atoms with Crippen LogP contribution in [-0.2, 0) is 9.40 Å². The standard InChI is InChI=1S/C22H22NO2P/c1-23-21(18-11-5-2-6-12-18)17-22(25-23)26(24,19-13-7-3-8-14-19)20-15-9-4-10-16-20/h2-16,21-22H,17H2,1H3. The average molecular weight is 363 g/mol. The van der Waals surface area contributed by atoms with E-state index in [0.717, 1.165) is 10.6 Å². The van der Waals surface area contributed by atoms with Gasteiger partial charge in [0, 0.05) is 24.1 Å². The topological polar surface area (TPSA) is 29.5 Å². The van der Waals surface area contributed by atoms with Crippen molar-refractivity contribution in [2.45, 2.75) is 18.3 Å². The van der Waals surface area contributed by atoms with Gasteiger partial charge in [0.2, 0.25) is 0 Å². The molecule has 2 atom stereocenters. The minimum absolute atomic E-state index is 0.0990. The second kappa shape index (κ2) is 7.20. The summed E-state index contributed by atoms with van der Waals surface area (Å²) in [4.78, 5) is 6.17. The van der Waals surface area contributed by atoms with Gasteiger partial charge in [-0.3, -0.25) is 4.84 Å². The normalized spacial score (nSPS) is 21.0. The lowest BCUT2D eigenvalue weighted by molar-refractivity contribution is -0.122. The van der Waals surface area contributed by atoms with Gasteiger partial charge in [0.15, 0.2) is 7.14 Å². The Balaban J connectivity index is 1.76. The molecule has 3 aromatic carbocycles. The van der Waals surface area contributed by atoms with E-state index >= 15 is 0 Å². The fourth-order valence-electron chi connectivity index (χ4n) is 3.66. The van der Waals surface area contributed by atoms with E-state index in [4.69, 9.17) is 4.84 Å². The van der Waals surface area contributed by atoms with Crippen LogP contribution in [0.25, 0.3) is 0 Å². The van der Waals surface area contributed by atoms with Crippen LogP contribution in [0.2, 0.25) is 0 Å². The van der Waals surface area contributed by atoms with Crippen LogP contribution >= 0.6 is 7.14 Å². The summed E-state index contributed by atoms with van der Waals surface area (Å²) in [6, 6.07) is 29.9. The molecule has 0 amide bonds. The molecule has 0 bridgehead atoms. The molecule has 132 valence electrons. The Morgan fingerprint density at radius 1 is 0.808 bits per heavy atom. The number of hydroxylamine groups is 2. The van der Waals surface area contributed by atoms with E-state index in [0.29, 0.717) is 6.42 Å². The first-order valence-electron chi connectivity index (χ1n) is 8.85. The number of benzene rings is 3. The van der Waals surface area contributed by atoms with E-state index in [1.54, 1.807) is 0 Å². The SMILES string of the molecule is CN1OC(P(=O)(c2ccccc2)c2ccccc2)CC1c1ccccc1. The zero-order valence-electron chi connectivity index (χ0n) is 14.7. The van der Waals surface area contributed by atoms with Crippen LogP contribution in [0, 0.1) is 0 Å². The first-order valence-corrected chi connectivity index (χ1v) is 10.6. The Hall–Kier alpha value is -2.19. The maximum Gasteiger partial charge on any atom is 0.172 e. The highest BCUT2D eigenvalue weighted by Crippen LogP contribution is 2.55. The van der Waals surface area contributed by atoms with Gasteiger partial charge in [-0.25, -0.2) is 0 Å². The molecule has 1 saturated heterocycles. The molecule has 4 rings (SSSR count). The highest BCUT2D eigenvalue weighted by Gasteiger charge is 2.45. The summed E-state index contributed by atoms with van der Waals surface area (Å²) in [5, 5.41) is 3.55. The van der Waals surface area contributed by atoms with Gasteiger partial charge in [-0.1, -0.05) is 91.0 Å². The molecule has 2 unspecified atom stereocenters. The molecule has 0 saturated carbocycles. The fraction of sp³-hybridized carbons (Fsp3) is 0.182. The predicted octanol–water partition coefficient (Wildman–Crippen LogP) is 4.34. The number of rotatable bonds is 4. The van der Waals surface area contributed by atoms with Crippen molar-refractivity contribution < 1.29 is 9.40 Å². The van der Waals surface area contributed by atoms with Gasteiger partial charge in [0.05, 0.1) is 6.04 Å². The molecule has 4 heteroatoms. The Labute approximate surface area is 154 Å². The third-order valence-electron chi connectivity index (χ3n) is 5.02. The van der Waals surface area contributed by atoms with E-state index in [2.05, 4.69) is 12.1 Å². The van der Waals surface area contributed by atoms with Gasteiger partial charge in [-0.15, -0.1) is 0 Å². The van der Waals surface area contributed by atoms with Crippen LogP contribution in [0.5, 0.6) is 0 Å². The zero-order chi connectivity index (χ0) is 18.0. The minimum Gasteiger partial charge on any atom is -0.311 e. The number of hydrogen-bond acceptors (Lipinski definition) is 3. The largest absolute Gasteiger partial charge is 0.311 e. The molecule has 0 aromatic heterocycles. The van der Waals surface area contributed by atoms with E-state index in [1.807, 2.05) is 91.0 Å². The molecular weight excluding hydrogens is 341 g/mol. The molecule has 3 nitrogen and oxygen atoms in total. The highest BCUT2D eigenvalue weighted by atomic mass is 31.2. The van der Waals surface area contributed by atoms with Crippen LogP contribution in [0.1, 0.15) is 18.0 Å². The van der Waals surface area contributed by atoms with Crippen molar-refractivity contribution in [3.8, 4) is 0 Å². The molecule has 1 heterocycles. The third kappa shape index (κ3) is 3.03. The Morgan fingerprint density at radius 3 is 1.77 bits per heavy atom. The first-order chi connectivity index (χ1) is 12.7. The zero-order valence-corrected chi connectivity index (χ0v) is 15.6. The van der Waals surface area contributed by atoms with E-state index in [9.17, 15) is 4.57 Å². The van der Waals surface area contributed by atoms with Crippen LogP contribution < -0.4 is 10.6 Å². The van der Waals surface area contributed by atoms with Crippen molar-refractivity contribution in [1.82, 2.24) is 5.06 Å². The fourth-order valence-corrected chi connectivity index (χ4v) is 6.64. The van der Waals surface area contributed by atoms with Gasteiger partial charge < -0.3 is 4.57 Å². The third-order valence-corrected chi connectivity index (χ3v) is 8.27. The van der Waals surface area contributed by atoms with Crippen LogP contribution in [0.15, 0.2) is 91.0 Å². The van der Waals surface area contributed by atoms with Crippen molar-refractivity contribution in [3.63, 3.8) is 0 Å². The summed E-state index contributed by atoms with van der Waals surface area (Å²) in [7, 11) is -1.00. The second-order valence-electron chi connectivity index (χ2n) is 6.60. The molecule has 0 N–H and O–H groups in total. The summed E-state index contributed by atoms with van der Waals surface area (Å²) in [6.45, 7) is 0. The molecule has 1 aliphatic heterocycles. The summed E-state index contributed by atoms with van der Waals surface area (Å²) < 4.78 is 14.4. The molecular formula is C22H22NO2P. The Kier molecular flexibility index (Phi) is 4.78. The van der Waals surface area contributed by atoms with Crippen LogP contribution in [0.4, 0.5) is 0 Å². The summed E-state index contributed by atoms with van der Waals surface area (Å²) >= 11 is 0. The van der Waals surface area contributed by atoms with E-state index in [-0.39, 0.29) is 11.9 Å².